The lowest BCUT2D eigenvalue weighted by molar-refractivity contribution is -0.148. The first kappa shape index (κ1) is 16.0. The molecule has 2 heterocycles. The van der Waals surface area contributed by atoms with Gasteiger partial charge in [0, 0.05) is 13.1 Å². The summed E-state index contributed by atoms with van der Waals surface area (Å²) in [4.78, 5) is 28.1. The van der Waals surface area contributed by atoms with Crippen LogP contribution < -0.4 is 5.73 Å². The van der Waals surface area contributed by atoms with Crippen LogP contribution >= 0.6 is 0 Å². The van der Waals surface area contributed by atoms with E-state index in [4.69, 9.17) is 10.5 Å². The number of amides is 2. The van der Waals surface area contributed by atoms with Gasteiger partial charge in [0.25, 0.3) is 0 Å². The summed E-state index contributed by atoms with van der Waals surface area (Å²) in [7, 11) is 0. The van der Waals surface area contributed by atoms with E-state index in [9.17, 15) is 9.59 Å². The molecule has 2 fully saturated rings. The van der Waals surface area contributed by atoms with E-state index in [0.29, 0.717) is 13.2 Å². The zero-order valence-corrected chi connectivity index (χ0v) is 13.2. The van der Waals surface area contributed by atoms with Crippen LogP contribution in [0, 0.1) is 0 Å². The molecule has 2 amide bonds. The minimum absolute atomic E-state index is 0.0907. The fourth-order valence-corrected chi connectivity index (χ4v) is 3.35. The van der Waals surface area contributed by atoms with Crippen LogP contribution in [0.2, 0.25) is 0 Å². The lowest BCUT2D eigenvalue weighted by Crippen LogP contribution is -2.54. The highest BCUT2D eigenvalue weighted by Crippen LogP contribution is 2.22. The number of primary amides is 1. The molecule has 0 spiro atoms. The summed E-state index contributed by atoms with van der Waals surface area (Å²) >= 11 is 0. The quantitative estimate of drug-likeness (QED) is 0.870. The van der Waals surface area contributed by atoms with Crippen LogP contribution in [0.5, 0.6) is 0 Å². The van der Waals surface area contributed by atoms with Crippen molar-refractivity contribution in [3.05, 3.63) is 35.9 Å². The maximum absolute atomic E-state index is 12.8. The van der Waals surface area contributed by atoms with Crippen molar-refractivity contribution in [1.82, 2.24) is 9.80 Å². The fourth-order valence-electron chi connectivity index (χ4n) is 3.35. The van der Waals surface area contributed by atoms with E-state index in [1.807, 2.05) is 18.2 Å². The van der Waals surface area contributed by atoms with Crippen LogP contribution in [-0.4, -0.2) is 60.0 Å². The smallest absolute Gasteiger partial charge is 0.248 e. The molecule has 6 heteroatoms. The second kappa shape index (κ2) is 7.10. The Hall–Kier alpha value is -1.92. The van der Waals surface area contributed by atoms with Gasteiger partial charge in [-0.15, -0.1) is 0 Å². The van der Waals surface area contributed by atoms with Crippen molar-refractivity contribution in [2.75, 3.05) is 26.2 Å². The van der Waals surface area contributed by atoms with Gasteiger partial charge in [-0.1, -0.05) is 30.3 Å². The zero-order valence-electron chi connectivity index (χ0n) is 13.2. The van der Waals surface area contributed by atoms with Crippen molar-refractivity contribution in [3.63, 3.8) is 0 Å². The highest BCUT2D eigenvalue weighted by Gasteiger charge is 2.36. The number of carbonyl (C=O) groups excluding carboxylic acids is 2. The van der Waals surface area contributed by atoms with Gasteiger partial charge in [0.1, 0.15) is 0 Å². The van der Waals surface area contributed by atoms with Gasteiger partial charge in [0.05, 0.1) is 19.2 Å². The van der Waals surface area contributed by atoms with Crippen LogP contribution in [0.4, 0.5) is 0 Å². The molecule has 2 saturated heterocycles. The lowest BCUT2D eigenvalue weighted by Gasteiger charge is -2.35. The van der Waals surface area contributed by atoms with Gasteiger partial charge in [-0.05, 0) is 24.9 Å². The molecule has 0 bridgehead atoms. The number of ether oxygens (including phenoxy) is 1. The minimum atomic E-state index is -0.684. The van der Waals surface area contributed by atoms with E-state index in [-0.39, 0.29) is 18.5 Å². The molecule has 0 aromatic heterocycles. The van der Waals surface area contributed by atoms with Gasteiger partial charge in [0.2, 0.25) is 11.8 Å². The summed E-state index contributed by atoms with van der Waals surface area (Å²) in [5.74, 6) is -0.414. The highest BCUT2D eigenvalue weighted by atomic mass is 16.5. The predicted octanol–water partition coefficient (Wildman–Crippen LogP) is 0.364. The Bertz CT molecular complexity index is 563. The van der Waals surface area contributed by atoms with Crippen LogP contribution in [-0.2, 0) is 20.9 Å². The largest absolute Gasteiger partial charge is 0.367 e. The van der Waals surface area contributed by atoms with Gasteiger partial charge in [0.15, 0.2) is 6.10 Å². The molecule has 2 aliphatic heterocycles. The third-order valence-electron chi connectivity index (χ3n) is 4.57. The van der Waals surface area contributed by atoms with Crippen molar-refractivity contribution < 1.29 is 14.3 Å². The van der Waals surface area contributed by atoms with Gasteiger partial charge in [-0.2, -0.15) is 0 Å². The Morgan fingerprint density at radius 2 is 2.00 bits per heavy atom. The van der Waals surface area contributed by atoms with Crippen molar-refractivity contribution in [2.24, 2.45) is 5.73 Å². The third kappa shape index (κ3) is 3.71. The first-order valence-corrected chi connectivity index (χ1v) is 8.13. The van der Waals surface area contributed by atoms with Crippen molar-refractivity contribution in [1.29, 1.82) is 0 Å². The second-order valence-corrected chi connectivity index (χ2v) is 6.16. The molecular formula is C17H23N3O3. The standard InChI is InChI=1S/C17H23N3O3/c18-16(21)15-12-20(9-10-23-15)17(22)14-7-4-8-19(14)11-13-5-2-1-3-6-13/h1-3,5-6,14-15H,4,7-12H2,(H2,18,21). The monoisotopic (exact) mass is 317 g/mol. The molecule has 0 saturated carbocycles. The molecule has 2 N–H and O–H groups in total. The third-order valence-corrected chi connectivity index (χ3v) is 4.57. The van der Waals surface area contributed by atoms with Gasteiger partial charge in [-0.25, -0.2) is 0 Å². The Balaban J connectivity index is 1.64. The Labute approximate surface area is 136 Å². The second-order valence-electron chi connectivity index (χ2n) is 6.16. The zero-order chi connectivity index (χ0) is 16.2. The summed E-state index contributed by atoms with van der Waals surface area (Å²) in [6, 6.07) is 10.1. The average Bonchev–Trinajstić information content (AvgIpc) is 3.03. The summed E-state index contributed by atoms with van der Waals surface area (Å²) < 4.78 is 5.32. The number of morpholine rings is 1. The maximum Gasteiger partial charge on any atom is 0.248 e. The SMILES string of the molecule is NC(=O)C1CN(C(=O)C2CCCN2Cc2ccccc2)CCO1. The molecule has 2 aliphatic rings. The van der Waals surface area contributed by atoms with E-state index in [1.165, 1.54) is 5.56 Å². The molecule has 23 heavy (non-hydrogen) atoms. The molecule has 3 rings (SSSR count). The predicted molar refractivity (Wildman–Crippen MR) is 85.4 cm³/mol. The number of carbonyl (C=O) groups is 2. The number of nitrogens with zero attached hydrogens (tertiary/aromatic N) is 2. The summed E-state index contributed by atoms with van der Waals surface area (Å²) in [5.41, 5.74) is 6.51. The molecule has 1 aromatic rings. The summed E-state index contributed by atoms with van der Waals surface area (Å²) in [6.45, 7) is 2.86. The van der Waals surface area contributed by atoms with Crippen molar-refractivity contribution in [2.45, 2.75) is 31.5 Å². The molecule has 0 aliphatic carbocycles. The Morgan fingerprint density at radius 1 is 1.22 bits per heavy atom. The number of hydrogen-bond donors (Lipinski definition) is 1. The average molecular weight is 317 g/mol. The van der Waals surface area contributed by atoms with Crippen LogP contribution in [0.3, 0.4) is 0 Å². The van der Waals surface area contributed by atoms with E-state index in [1.54, 1.807) is 4.90 Å². The molecular weight excluding hydrogens is 294 g/mol. The van der Waals surface area contributed by atoms with Crippen LogP contribution in [0.15, 0.2) is 30.3 Å². The van der Waals surface area contributed by atoms with E-state index in [2.05, 4.69) is 17.0 Å². The molecule has 1 aromatic carbocycles. The minimum Gasteiger partial charge on any atom is -0.367 e. The highest BCUT2D eigenvalue weighted by molar-refractivity contribution is 5.84. The number of benzene rings is 1. The molecule has 2 atom stereocenters. The van der Waals surface area contributed by atoms with E-state index in [0.717, 1.165) is 25.9 Å². The van der Waals surface area contributed by atoms with Crippen molar-refractivity contribution in [3.8, 4) is 0 Å². The summed E-state index contributed by atoms with van der Waals surface area (Å²) in [6.07, 6.45) is 1.20. The van der Waals surface area contributed by atoms with E-state index < -0.39 is 12.0 Å². The number of likely N-dealkylation sites (tertiary alicyclic amines) is 1. The maximum atomic E-state index is 12.8. The molecule has 6 nitrogen and oxygen atoms in total. The summed E-state index contributed by atoms with van der Waals surface area (Å²) in [5, 5.41) is 0. The fraction of sp³-hybridized carbons (Fsp3) is 0.529. The molecule has 2 unspecified atom stereocenters. The van der Waals surface area contributed by atoms with Crippen LogP contribution in [0.1, 0.15) is 18.4 Å². The molecule has 124 valence electrons. The molecule has 0 radical (unpaired) electrons. The Kier molecular flexibility index (Phi) is 4.93. The van der Waals surface area contributed by atoms with Gasteiger partial charge >= 0.3 is 0 Å². The number of rotatable bonds is 4. The Morgan fingerprint density at radius 3 is 2.74 bits per heavy atom. The normalized spacial score (nSPS) is 25.5. The van der Waals surface area contributed by atoms with Crippen molar-refractivity contribution >= 4 is 11.8 Å². The van der Waals surface area contributed by atoms with Crippen LogP contribution in [0.25, 0.3) is 0 Å². The first-order valence-electron chi connectivity index (χ1n) is 8.13. The number of hydrogen-bond acceptors (Lipinski definition) is 4. The first-order chi connectivity index (χ1) is 11.1. The van der Waals surface area contributed by atoms with Gasteiger partial charge < -0.3 is 15.4 Å². The number of nitrogens with two attached hydrogens (primary N) is 1. The van der Waals surface area contributed by atoms with Gasteiger partial charge in [-0.3, -0.25) is 14.5 Å². The van der Waals surface area contributed by atoms with E-state index >= 15 is 0 Å². The topological polar surface area (TPSA) is 75.9 Å². The lowest BCUT2D eigenvalue weighted by atomic mass is 10.1.